The fraction of sp³-hybridized carbons (Fsp3) is 0. The molecule has 2 aromatic rings. The van der Waals surface area contributed by atoms with E-state index in [-0.39, 0.29) is 11.5 Å². The predicted molar refractivity (Wildman–Crippen MR) is 31.4 cm³/mol. The van der Waals surface area contributed by atoms with Crippen LogP contribution in [0.2, 0.25) is 0 Å². The fourth-order valence-electron chi connectivity index (χ4n) is 0.667. The Labute approximate surface area is 54.5 Å². The van der Waals surface area contributed by atoms with Gasteiger partial charge in [0, 0.05) is 0 Å². The molecule has 6 nitrogen and oxygen atoms in total. The molecule has 0 spiro atoms. The lowest BCUT2D eigenvalue weighted by atomic mass is 10.9. The van der Waals surface area contributed by atoms with Crippen LogP contribution in [0.4, 0.5) is 0 Å². The minimum atomic E-state index is -0.372. The van der Waals surface area contributed by atoms with Crippen LogP contribution in [0.5, 0.6) is 0 Å². The van der Waals surface area contributed by atoms with E-state index in [4.69, 9.17) is 0 Å². The molecule has 0 aliphatic rings. The average molecular weight is 137 g/mol. The number of nitrogens with zero attached hydrogens (tertiary/aromatic N) is 4. The molecule has 0 bridgehead atoms. The molecule has 0 aromatic carbocycles. The van der Waals surface area contributed by atoms with Gasteiger partial charge in [0.1, 0.15) is 0 Å². The van der Waals surface area contributed by atoms with Crippen LogP contribution in [-0.2, 0) is 0 Å². The van der Waals surface area contributed by atoms with Crippen molar-refractivity contribution in [3.8, 4) is 0 Å². The second kappa shape index (κ2) is 1.63. The molecule has 10 heavy (non-hydrogen) atoms. The Morgan fingerprint density at radius 3 is 3.20 bits per heavy atom. The predicted octanol–water partition coefficient (Wildman–Crippen LogP) is -1.19. The van der Waals surface area contributed by atoms with Crippen molar-refractivity contribution < 1.29 is 0 Å². The molecule has 0 atom stereocenters. The molecule has 50 valence electrons. The largest absolute Gasteiger partial charge is 0.365 e. The summed E-state index contributed by atoms with van der Waals surface area (Å²) in [6, 6.07) is 0. The molecule has 2 aromatic heterocycles. The van der Waals surface area contributed by atoms with Crippen molar-refractivity contribution in [3.63, 3.8) is 0 Å². The topological polar surface area (TPSA) is 75.9 Å². The van der Waals surface area contributed by atoms with E-state index in [1.54, 1.807) is 0 Å². The minimum Gasteiger partial charge on any atom is -0.244 e. The van der Waals surface area contributed by atoms with Crippen molar-refractivity contribution in [2.24, 2.45) is 0 Å². The van der Waals surface area contributed by atoms with Crippen LogP contribution < -0.4 is 5.69 Å². The van der Waals surface area contributed by atoms with Gasteiger partial charge < -0.3 is 0 Å². The van der Waals surface area contributed by atoms with E-state index in [0.717, 1.165) is 4.52 Å². The molecule has 0 unspecified atom stereocenters. The van der Waals surface area contributed by atoms with Crippen LogP contribution >= 0.6 is 0 Å². The molecular weight excluding hydrogens is 134 g/mol. The highest BCUT2D eigenvalue weighted by Crippen LogP contribution is 1.80. The Kier molecular flexibility index (Phi) is 0.830. The summed E-state index contributed by atoms with van der Waals surface area (Å²) >= 11 is 0. The van der Waals surface area contributed by atoms with Gasteiger partial charge in [-0.2, -0.15) is 5.10 Å². The van der Waals surface area contributed by atoms with Gasteiger partial charge >= 0.3 is 5.69 Å². The van der Waals surface area contributed by atoms with Crippen LogP contribution in [0.3, 0.4) is 0 Å². The molecule has 0 fully saturated rings. The molecule has 1 N–H and O–H groups in total. The van der Waals surface area contributed by atoms with E-state index in [1.807, 2.05) is 0 Å². The van der Waals surface area contributed by atoms with E-state index in [0.29, 0.717) is 0 Å². The van der Waals surface area contributed by atoms with Crippen molar-refractivity contribution in [1.82, 2.24) is 24.8 Å². The maximum Gasteiger partial charge on any atom is 0.365 e. The maximum absolute atomic E-state index is 10.7. The summed E-state index contributed by atoms with van der Waals surface area (Å²) in [5.41, 5.74) is -0.372. The van der Waals surface area contributed by atoms with Gasteiger partial charge in [0.05, 0.1) is 12.4 Å². The second-order valence-corrected chi connectivity index (χ2v) is 1.68. The van der Waals surface area contributed by atoms with Gasteiger partial charge in [-0.15, -0.1) is 9.61 Å². The highest BCUT2D eigenvalue weighted by atomic mass is 16.2. The highest BCUT2D eigenvalue weighted by molar-refractivity contribution is 5.19. The smallest absolute Gasteiger partial charge is 0.244 e. The minimum absolute atomic E-state index is 0.285. The van der Waals surface area contributed by atoms with Gasteiger partial charge in [-0.05, 0) is 0 Å². The molecule has 0 aliphatic heterocycles. The van der Waals surface area contributed by atoms with E-state index in [9.17, 15) is 4.79 Å². The SMILES string of the molecule is O=c1[nH]nc2nccnn12. The summed E-state index contributed by atoms with van der Waals surface area (Å²) in [6.45, 7) is 0. The number of H-pyrrole nitrogens is 1. The lowest BCUT2D eigenvalue weighted by Gasteiger charge is -1.82. The first kappa shape index (κ1) is 5.10. The number of aromatic nitrogens is 5. The average Bonchev–Trinajstić information content (AvgIpc) is 2.34. The van der Waals surface area contributed by atoms with Crippen LogP contribution in [-0.4, -0.2) is 24.8 Å². The third-order valence-electron chi connectivity index (χ3n) is 1.07. The molecule has 0 radical (unpaired) electrons. The van der Waals surface area contributed by atoms with Crippen LogP contribution in [0.15, 0.2) is 17.2 Å². The number of hydrogen-bond acceptors (Lipinski definition) is 4. The van der Waals surface area contributed by atoms with Crippen LogP contribution in [0.1, 0.15) is 0 Å². The van der Waals surface area contributed by atoms with Gasteiger partial charge in [-0.25, -0.2) is 14.9 Å². The fourth-order valence-corrected chi connectivity index (χ4v) is 0.667. The van der Waals surface area contributed by atoms with Gasteiger partial charge in [-0.3, -0.25) is 0 Å². The van der Waals surface area contributed by atoms with Crippen LogP contribution in [0.25, 0.3) is 5.78 Å². The summed E-state index contributed by atoms with van der Waals surface area (Å²) in [5.74, 6) is 0.285. The first-order valence-electron chi connectivity index (χ1n) is 2.62. The highest BCUT2D eigenvalue weighted by Gasteiger charge is 1.96. The summed E-state index contributed by atoms with van der Waals surface area (Å²) in [4.78, 5) is 14.5. The van der Waals surface area contributed by atoms with Crippen LogP contribution in [0, 0.1) is 0 Å². The number of fused-ring (bicyclic) bond motifs is 1. The zero-order chi connectivity index (χ0) is 6.97. The van der Waals surface area contributed by atoms with Crippen molar-refractivity contribution in [3.05, 3.63) is 22.9 Å². The summed E-state index contributed by atoms with van der Waals surface area (Å²) < 4.78 is 1.08. The van der Waals surface area contributed by atoms with E-state index >= 15 is 0 Å². The Hall–Kier alpha value is -1.72. The lowest BCUT2D eigenvalue weighted by Crippen LogP contribution is -2.11. The zero-order valence-corrected chi connectivity index (χ0v) is 4.85. The first-order valence-corrected chi connectivity index (χ1v) is 2.62. The number of rotatable bonds is 0. The number of aromatic amines is 1. The third-order valence-corrected chi connectivity index (χ3v) is 1.07. The first-order chi connectivity index (χ1) is 4.88. The Morgan fingerprint density at radius 1 is 1.50 bits per heavy atom. The molecule has 0 amide bonds. The van der Waals surface area contributed by atoms with E-state index in [2.05, 4.69) is 20.3 Å². The molecule has 2 rings (SSSR count). The number of nitrogens with one attached hydrogen (secondary N) is 1. The van der Waals surface area contributed by atoms with Crippen molar-refractivity contribution in [1.29, 1.82) is 0 Å². The lowest BCUT2D eigenvalue weighted by molar-refractivity contribution is 0.860. The van der Waals surface area contributed by atoms with Gasteiger partial charge in [0.25, 0.3) is 5.78 Å². The molecule has 6 heteroatoms. The molecule has 0 aliphatic carbocycles. The van der Waals surface area contributed by atoms with E-state index in [1.165, 1.54) is 12.4 Å². The van der Waals surface area contributed by atoms with E-state index < -0.39 is 0 Å². The monoisotopic (exact) mass is 137 g/mol. The molecule has 0 saturated carbocycles. The van der Waals surface area contributed by atoms with Crippen molar-refractivity contribution in [2.45, 2.75) is 0 Å². The zero-order valence-electron chi connectivity index (χ0n) is 4.85. The van der Waals surface area contributed by atoms with Gasteiger partial charge in [0.2, 0.25) is 0 Å². The normalized spacial score (nSPS) is 10.4. The summed E-state index contributed by atoms with van der Waals surface area (Å²) in [7, 11) is 0. The molecule has 0 saturated heterocycles. The third kappa shape index (κ3) is 0.524. The van der Waals surface area contributed by atoms with Crippen molar-refractivity contribution >= 4 is 5.78 Å². The molecular formula is C4H3N5O. The van der Waals surface area contributed by atoms with Gasteiger partial charge in [-0.1, -0.05) is 0 Å². The quantitative estimate of drug-likeness (QED) is 0.495. The Balaban J connectivity index is 3.07. The Bertz CT molecular complexity index is 401. The molecule has 2 heterocycles. The summed E-state index contributed by atoms with van der Waals surface area (Å²) in [5, 5.41) is 9.47. The Morgan fingerprint density at radius 2 is 2.40 bits per heavy atom. The summed E-state index contributed by atoms with van der Waals surface area (Å²) in [6.07, 6.45) is 2.89. The maximum atomic E-state index is 10.7. The second-order valence-electron chi connectivity index (χ2n) is 1.68. The van der Waals surface area contributed by atoms with Crippen molar-refractivity contribution in [2.75, 3.05) is 0 Å². The standard InChI is InChI=1S/C4H3N5O/c10-4-8-7-3-5-1-2-6-9(3)4/h1-2H,(H,8,10). The van der Waals surface area contributed by atoms with Gasteiger partial charge in [0.15, 0.2) is 0 Å². The number of hydrogen-bond donors (Lipinski definition) is 1.